The molecule has 0 radical (unpaired) electrons. The number of halogens is 2. The van der Waals surface area contributed by atoms with E-state index in [1.807, 2.05) is 6.92 Å². The maximum Gasteiger partial charge on any atom is 0.317 e. The van der Waals surface area contributed by atoms with Crippen molar-refractivity contribution < 1.29 is 9.53 Å². The highest BCUT2D eigenvalue weighted by Gasteiger charge is 2.06. The number of benzene rings is 1. The monoisotopic (exact) mass is 311 g/mol. The highest BCUT2D eigenvalue weighted by Crippen LogP contribution is 2.24. The van der Waals surface area contributed by atoms with Crippen LogP contribution in [0.4, 0.5) is 5.69 Å². The van der Waals surface area contributed by atoms with E-state index in [0.717, 1.165) is 5.69 Å². The number of rotatable bonds is 4. The van der Waals surface area contributed by atoms with Crippen molar-refractivity contribution in [2.24, 2.45) is 0 Å². The third kappa shape index (κ3) is 4.08. The minimum Gasteiger partial charge on any atom is -0.453 e. The summed E-state index contributed by atoms with van der Waals surface area (Å²) >= 11 is 11.6. The van der Waals surface area contributed by atoms with E-state index in [4.69, 9.17) is 27.9 Å². The second kappa shape index (κ2) is 6.54. The van der Waals surface area contributed by atoms with Gasteiger partial charge in [-0.15, -0.1) is 0 Å². The molecule has 1 aromatic heterocycles. The van der Waals surface area contributed by atoms with Crippen LogP contribution in [0, 0.1) is 6.92 Å². The Morgan fingerprint density at radius 2 is 2.10 bits per heavy atom. The fourth-order valence-electron chi connectivity index (χ4n) is 1.40. The van der Waals surface area contributed by atoms with Crippen LogP contribution in [0.1, 0.15) is 5.69 Å². The van der Waals surface area contributed by atoms with Gasteiger partial charge in [0.05, 0.1) is 10.0 Å². The molecule has 1 amide bonds. The van der Waals surface area contributed by atoms with Crippen molar-refractivity contribution in [3.8, 4) is 6.01 Å². The molecule has 0 spiro atoms. The number of anilines is 1. The van der Waals surface area contributed by atoms with Crippen LogP contribution in [0.15, 0.2) is 30.5 Å². The Morgan fingerprint density at radius 1 is 1.30 bits per heavy atom. The number of nitrogens with zero attached hydrogens (tertiary/aromatic N) is 2. The molecule has 104 valence electrons. The van der Waals surface area contributed by atoms with Crippen molar-refractivity contribution in [3.63, 3.8) is 0 Å². The third-order valence-corrected chi connectivity index (χ3v) is 3.05. The molecule has 0 saturated carbocycles. The van der Waals surface area contributed by atoms with Gasteiger partial charge in [0.1, 0.15) is 0 Å². The molecular formula is C13H11Cl2N3O2. The summed E-state index contributed by atoms with van der Waals surface area (Å²) in [6, 6.07) is 6.71. The number of hydrogen-bond acceptors (Lipinski definition) is 4. The first-order valence-electron chi connectivity index (χ1n) is 5.72. The molecule has 0 aliphatic heterocycles. The molecule has 0 fully saturated rings. The van der Waals surface area contributed by atoms with Gasteiger partial charge < -0.3 is 10.1 Å². The van der Waals surface area contributed by atoms with Crippen LogP contribution < -0.4 is 10.1 Å². The van der Waals surface area contributed by atoms with Gasteiger partial charge in [-0.1, -0.05) is 23.2 Å². The van der Waals surface area contributed by atoms with Crippen LogP contribution in [0.5, 0.6) is 6.01 Å². The van der Waals surface area contributed by atoms with Gasteiger partial charge in [0.25, 0.3) is 5.91 Å². The lowest BCUT2D eigenvalue weighted by atomic mass is 10.3. The Balaban J connectivity index is 1.91. The van der Waals surface area contributed by atoms with Gasteiger partial charge in [-0.3, -0.25) is 4.79 Å². The smallest absolute Gasteiger partial charge is 0.317 e. The zero-order valence-corrected chi connectivity index (χ0v) is 12.1. The van der Waals surface area contributed by atoms with Gasteiger partial charge in [0.2, 0.25) is 0 Å². The standard InChI is InChI=1S/C13H11Cl2N3O2/c1-8-4-5-16-13(17-8)20-7-12(19)18-9-2-3-10(14)11(15)6-9/h2-6H,7H2,1H3,(H,18,19). The summed E-state index contributed by atoms with van der Waals surface area (Å²) in [5.74, 6) is -0.339. The number of aryl methyl sites for hydroxylation is 1. The molecule has 1 N–H and O–H groups in total. The normalized spacial score (nSPS) is 10.2. The molecule has 1 heterocycles. The van der Waals surface area contributed by atoms with Crippen molar-refractivity contribution >= 4 is 34.8 Å². The Hall–Kier alpha value is -1.85. The SMILES string of the molecule is Cc1ccnc(OCC(=O)Nc2ccc(Cl)c(Cl)c2)n1. The van der Waals surface area contributed by atoms with E-state index < -0.39 is 0 Å². The molecule has 2 aromatic rings. The van der Waals surface area contributed by atoms with E-state index in [9.17, 15) is 4.79 Å². The average Bonchev–Trinajstić information content (AvgIpc) is 2.41. The number of carbonyl (C=O) groups excluding carboxylic acids is 1. The van der Waals surface area contributed by atoms with E-state index in [1.165, 1.54) is 0 Å². The van der Waals surface area contributed by atoms with Crippen LogP contribution in [0.25, 0.3) is 0 Å². The summed E-state index contributed by atoms with van der Waals surface area (Å²) in [4.78, 5) is 19.6. The summed E-state index contributed by atoms with van der Waals surface area (Å²) in [5, 5.41) is 3.43. The van der Waals surface area contributed by atoms with Gasteiger partial charge in [0.15, 0.2) is 6.61 Å². The minimum absolute atomic E-state index is 0.161. The predicted molar refractivity (Wildman–Crippen MR) is 77.4 cm³/mol. The van der Waals surface area contributed by atoms with Gasteiger partial charge in [-0.05, 0) is 31.2 Å². The molecule has 0 atom stereocenters. The highest BCUT2D eigenvalue weighted by atomic mass is 35.5. The second-order valence-corrected chi connectivity index (χ2v) is 4.76. The lowest BCUT2D eigenvalue weighted by Crippen LogP contribution is -2.20. The Kier molecular flexibility index (Phi) is 4.76. The molecule has 0 saturated heterocycles. The molecule has 1 aromatic carbocycles. The predicted octanol–water partition coefficient (Wildman–Crippen LogP) is 3.11. The van der Waals surface area contributed by atoms with Crippen molar-refractivity contribution in [3.05, 3.63) is 46.2 Å². The van der Waals surface area contributed by atoms with Crippen LogP contribution in [-0.4, -0.2) is 22.5 Å². The van der Waals surface area contributed by atoms with E-state index in [0.29, 0.717) is 15.7 Å². The lowest BCUT2D eigenvalue weighted by molar-refractivity contribution is -0.118. The third-order valence-electron chi connectivity index (χ3n) is 2.31. The highest BCUT2D eigenvalue weighted by molar-refractivity contribution is 6.42. The number of hydrogen-bond donors (Lipinski definition) is 1. The fourth-order valence-corrected chi connectivity index (χ4v) is 1.69. The number of nitrogens with one attached hydrogen (secondary N) is 1. The van der Waals surface area contributed by atoms with Gasteiger partial charge in [0, 0.05) is 17.6 Å². The second-order valence-electron chi connectivity index (χ2n) is 3.95. The quantitative estimate of drug-likeness (QED) is 0.942. The summed E-state index contributed by atoms with van der Waals surface area (Å²) in [7, 11) is 0. The minimum atomic E-state index is -0.339. The van der Waals surface area contributed by atoms with Crippen molar-refractivity contribution in [1.29, 1.82) is 0 Å². The number of amides is 1. The number of carbonyl (C=O) groups is 1. The largest absolute Gasteiger partial charge is 0.453 e. The first-order chi connectivity index (χ1) is 9.54. The fraction of sp³-hybridized carbons (Fsp3) is 0.154. The maximum absolute atomic E-state index is 11.7. The molecule has 2 rings (SSSR count). The molecule has 0 bridgehead atoms. The van der Waals surface area contributed by atoms with Crippen LogP contribution in [-0.2, 0) is 4.79 Å². The lowest BCUT2D eigenvalue weighted by Gasteiger charge is -2.07. The first kappa shape index (κ1) is 14.6. The van der Waals surface area contributed by atoms with Crippen molar-refractivity contribution in [1.82, 2.24) is 9.97 Å². The summed E-state index contributed by atoms with van der Waals surface area (Å²) < 4.78 is 5.18. The van der Waals surface area contributed by atoms with Crippen LogP contribution in [0.2, 0.25) is 10.0 Å². The topological polar surface area (TPSA) is 64.1 Å². The molecule has 5 nitrogen and oxygen atoms in total. The Morgan fingerprint density at radius 3 is 2.80 bits per heavy atom. The van der Waals surface area contributed by atoms with Gasteiger partial charge >= 0.3 is 6.01 Å². The van der Waals surface area contributed by atoms with Gasteiger partial charge in [-0.25, -0.2) is 9.97 Å². The zero-order chi connectivity index (χ0) is 14.5. The van der Waals surface area contributed by atoms with Crippen molar-refractivity contribution in [2.75, 3.05) is 11.9 Å². The molecule has 0 aliphatic carbocycles. The van der Waals surface area contributed by atoms with Crippen LogP contribution in [0.3, 0.4) is 0 Å². The van der Waals surface area contributed by atoms with Crippen LogP contribution >= 0.6 is 23.2 Å². The summed E-state index contributed by atoms with van der Waals surface area (Å²) in [6.07, 6.45) is 1.56. The van der Waals surface area contributed by atoms with E-state index >= 15 is 0 Å². The summed E-state index contributed by atoms with van der Waals surface area (Å²) in [6.45, 7) is 1.62. The Labute approximate surface area is 125 Å². The Bertz CT molecular complexity index is 635. The molecular weight excluding hydrogens is 301 g/mol. The van der Waals surface area contributed by atoms with Gasteiger partial charge in [-0.2, -0.15) is 0 Å². The molecule has 20 heavy (non-hydrogen) atoms. The average molecular weight is 312 g/mol. The maximum atomic E-state index is 11.7. The van der Waals surface area contributed by atoms with E-state index in [1.54, 1.807) is 30.5 Å². The van der Waals surface area contributed by atoms with E-state index in [-0.39, 0.29) is 18.5 Å². The molecule has 0 aliphatic rings. The molecule has 0 unspecified atom stereocenters. The van der Waals surface area contributed by atoms with Crippen molar-refractivity contribution in [2.45, 2.75) is 6.92 Å². The number of ether oxygens (including phenoxy) is 1. The first-order valence-corrected chi connectivity index (χ1v) is 6.47. The number of aromatic nitrogens is 2. The molecule has 7 heteroatoms. The summed E-state index contributed by atoms with van der Waals surface area (Å²) in [5.41, 5.74) is 1.30. The van der Waals surface area contributed by atoms with E-state index in [2.05, 4.69) is 15.3 Å². The zero-order valence-electron chi connectivity index (χ0n) is 10.6.